The van der Waals surface area contributed by atoms with E-state index in [2.05, 4.69) is 44.4 Å². The van der Waals surface area contributed by atoms with Gasteiger partial charge in [-0.3, -0.25) is 4.79 Å². The van der Waals surface area contributed by atoms with E-state index < -0.39 is 0 Å². The predicted octanol–water partition coefficient (Wildman–Crippen LogP) is 3.69. The molecule has 0 saturated carbocycles. The van der Waals surface area contributed by atoms with Crippen molar-refractivity contribution in [2.45, 2.75) is 13.8 Å². The number of benzene rings is 1. The molecule has 8 nitrogen and oxygen atoms in total. The summed E-state index contributed by atoms with van der Waals surface area (Å²) in [7, 11) is 2.15. The summed E-state index contributed by atoms with van der Waals surface area (Å²) in [6, 6.07) is 12.1. The fourth-order valence-electron chi connectivity index (χ4n) is 4.24. The molecular weight excluding hydrogens is 404 g/mol. The van der Waals surface area contributed by atoms with E-state index in [0.29, 0.717) is 17.0 Å². The molecule has 0 bridgehead atoms. The highest BCUT2D eigenvalue weighted by atomic mass is 16.5. The van der Waals surface area contributed by atoms with Crippen LogP contribution >= 0.6 is 0 Å². The van der Waals surface area contributed by atoms with E-state index in [0.717, 1.165) is 54.2 Å². The Morgan fingerprint density at radius 2 is 1.81 bits per heavy atom. The number of hydrogen-bond acceptors (Lipinski definition) is 7. The van der Waals surface area contributed by atoms with Gasteiger partial charge in [-0.25, -0.2) is 4.98 Å². The van der Waals surface area contributed by atoms with Crippen molar-refractivity contribution < 1.29 is 4.52 Å². The number of hydrogen-bond donors (Lipinski definition) is 2. The highest BCUT2D eigenvalue weighted by molar-refractivity contribution is 5.95. The molecule has 0 spiro atoms. The van der Waals surface area contributed by atoms with Crippen molar-refractivity contribution in [1.29, 1.82) is 0 Å². The third-order valence-corrected chi connectivity index (χ3v) is 6.04. The van der Waals surface area contributed by atoms with E-state index >= 15 is 0 Å². The van der Waals surface area contributed by atoms with Gasteiger partial charge in [0.25, 0.3) is 5.56 Å². The molecule has 3 aromatic heterocycles. The van der Waals surface area contributed by atoms with Crippen molar-refractivity contribution in [1.82, 2.24) is 20.0 Å². The number of anilines is 3. The summed E-state index contributed by atoms with van der Waals surface area (Å²) in [6.45, 7) is 7.91. The second-order valence-corrected chi connectivity index (χ2v) is 8.29. The van der Waals surface area contributed by atoms with Crippen LogP contribution in [0.3, 0.4) is 0 Å². The normalized spacial score (nSPS) is 14.8. The van der Waals surface area contributed by atoms with Gasteiger partial charge in [0.05, 0.1) is 22.3 Å². The van der Waals surface area contributed by atoms with Crippen molar-refractivity contribution in [2.24, 2.45) is 0 Å². The van der Waals surface area contributed by atoms with Gasteiger partial charge in [-0.15, -0.1) is 0 Å². The summed E-state index contributed by atoms with van der Waals surface area (Å²) in [4.78, 5) is 24.9. The van der Waals surface area contributed by atoms with Crippen LogP contribution in [0.25, 0.3) is 22.0 Å². The molecule has 0 amide bonds. The fourth-order valence-corrected chi connectivity index (χ4v) is 4.24. The van der Waals surface area contributed by atoms with Crippen molar-refractivity contribution in [3.8, 4) is 11.3 Å². The fraction of sp³-hybridized carbons (Fsp3) is 0.292. The van der Waals surface area contributed by atoms with Gasteiger partial charge in [-0.05, 0) is 62.7 Å². The first-order valence-electron chi connectivity index (χ1n) is 10.8. The van der Waals surface area contributed by atoms with Gasteiger partial charge in [0.2, 0.25) is 0 Å². The zero-order chi connectivity index (χ0) is 22.2. The lowest BCUT2D eigenvalue weighted by Gasteiger charge is -2.34. The maximum atomic E-state index is 12.6. The monoisotopic (exact) mass is 430 g/mol. The first-order valence-corrected chi connectivity index (χ1v) is 10.8. The molecule has 1 aliphatic rings. The quantitative estimate of drug-likeness (QED) is 0.510. The molecular formula is C24H26N6O2. The molecule has 2 N–H and O–H groups in total. The maximum Gasteiger partial charge on any atom is 0.259 e. The number of aromatic nitrogens is 3. The average molecular weight is 431 g/mol. The SMILES string of the molecule is Cc1noc(C)c1-c1cc2cc[nH]c(=O)c2c(Nc2ccc(N3CCN(C)CC3)cc2)n1. The van der Waals surface area contributed by atoms with E-state index in [4.69, 9.17) is 9.51 Å². The van der Waals surface area contributed by atoms with Crippen LogP contribution in [0.1, 0.15) is 11.5 Å². The highest BCUT2D eigenvalue weighted by Gasteiger charge is 2.18. The van der Waals surface area contributed by atoms with Gasteiger partial charge in [0, 0.05) is 43.8 Å². The highest BCUT2D eigenvalue weighted by Crippen LogP contribution is 2.31. The van der Waals surface area contributed by atoms with Crippen LogP contribution in [0.4, 0.5) is 17.2 Å². The third kappa shape index (κ3) is 3.73. The molecule has 0 aliphatic carbocycles. The Labute approximate surface area is 185 Å². The van der Waals surface area contributed by atoms with Gasteiger partial charge in [-0.1, -0.05) is 5.16 Å². The van der Waals surface area contributed by atoms with E-state index in [1.54, 1.807) is 6.20 Å². The van der Waals surface area contributed by atoms with Crippen LogP contribution in [0.2, 0.25) is 0 Å². The maximum absolute atomic E-state index is 12.6. The topological polar surface area (TPSA) is 90.3 Å². The molecule has 0 radical (unpaired) electrons. The minimum Gasteiger partial charge on any atom is -0.369 e. The molecule has 32 heavy (non-hydrogen) atoms. The van der Waals surface area contributed by atoms with Gasteiger partial charge < -0.3 is 24.6 Å². The molecule has 0 atom stereocenters. The van der Waals surface area contributed by atoms with E-state index in [-0.39, 0.29) is 5.56 Å². The smallest absolute Gasteiger partial charge is 0.259 e. The van der Waals surface area contributed by atoms with Gasteiger partial charge >= 0.3 is 0 Å². The second-order valence-electron chi connectivity index (χ2n) is 8.29. The Morgan fingerprint density at radius 1 is 1.06 bits per heavy atom. The number of likely N-dealkylation sites (N-methyl/N-ethyl adjacent to an activating group) is 1. The Hall–Kier alpha value is -3.65. The number of fused-ring (bicyclic) bond motifs is 1. The zero-order valence-corrected chi connectivity index (χ0v) is 18.5. The number of pyridine rings is 2. The number of aromatic amines is 1. The minimum absolute atomic E-state index is 0.183. The first-order chi connectivity index (χ1) is 15.5. The molecule has 5 rings (SSSR count). The molecule has 4 heterocycles. The number of piperazine rings is 1. The summed E-state index contributed by atoms with van der Waals surface area (Å²) in [6.07, 6.45) is 1.65. The molecule has 1 aromatic carbocycles. The largest absolute Gasteiger partial charge is 0.369 e. The number of H-pyrrole nitrogens is 1. The first kappa shape index (κ1) is 20.3. The van der Waals surface area contributed by atoms with Crippen LogP contribution in [0.5, 0.6) is 0 Å². The Morgan fingerprint density at radius 3 is 2.50 bits per heavy atom. The Kier molecular flexibility index (Phi) is 5.14. The van der Waals surface area contributed by atoms with Crippen LogP contribution < -0.4 is 15.8 Å². The lowest BCUT2D eigenvalue weighted by molar-refractivity contribution is 0.313. The second kappa shape index (κ2) is 8.12. The van der Waals surface area contributed by atoms with Crippen molar-refractivity contribution >= 4 is 28.0 Å². The van der Waals surface area contributed by atoms with Crippen LogP contribution in [-0.2, 0) is 0 Å². The average Bonchev–Trinajstić information content (AvgIpc) is 3.13. The van der Waals surface area contributed by atoms with Crippen LogP contribution in [0, 0.1) is 13.8 Å². The molecule has 8 heteroatoms. The Bertz CT molecular complexity index is 1300. The standard InChI is InChI=1S/C24H26N6O2/c1-15-21(16(2)32-28-15)20-14-17-8-9-25-24(31)22(17)23(27-20)26-18-4-6-19(7-5-18)30-12-10-29(3)11-13-30/h4-9,14H,10-13H2,1-3H3,(H,25,31)(H,26,27). The van der Waals surface area contributed by atoms with Crippen LogP contribution in [0.15, 0.2) is 51.9 Å². The Balaban J connectivity index is 1.51. The summed E-state index contributed by atoms with van der Waals surface area (Å²) < 4.78 is 5.34. The van der Waals surface area contributed by atoms with Crippen molar-refractivity contribution in [3.05, 3.63) is 64.4 Å². The van der Waals surface area contributed by atoms with Crippen LogP contribution in [-0.4, -0.2) is 53.3 Å². The molecule has 1 aliphatic heterocycles. The molecule has 1 fully saturated rings. The zero-order valence-electron chi connectivity index (χ0n) is 18.5. The third-order valence-electron chi connectivity index (χ3n) is 6.04. The molecule has 164 valence electrons. The van der Waals surface area contributed by atoms with E-state index in [9.17, 15) is 4.79 Å². The van der Waals surface area contributed by atoms with E-state index in [1.165, 1.54) is 5.69 Å². The van der Waals surface area contributed by atoms with E-state index in [1.807, 2.05) is 38.1 Å². The van der Waals surface area contributed by atoms with Gasteiger partial charge in [0.1, 0.15) is 11.6 Å². The van der Waals surface area contributed by atoms with Crippen molar-refractivity contribution in [2.75, 3.05) is 43.4 Å². The summed E-state index contributed by atoms with van der Waals surface area (Å²) in [5, 5.41) is 8.73. The van der Waals surface area contributed by atoms with Crippen molar-refractivity contribution in [3.63, 3.8) is 0 Å². The number of nitrogens with zero attached hydrogens (tertiary/aromatic N) is 4. The summed E-state index contributed by atoms with van der Waals surface area (Å²) in [5.74, 6) is 1.20. The number of nitrogens with one attached hydrogen (secondary N) is 2. The van der Waals surface area contributed by atoms with Gasteiger partial charge in [0.15, 0.2) is 0 Å². The lowest BCUT2D eigenvalue weighted by Crippen LogP contribution is -2.44. The number of aryl methyl sites for hydroxylation is 2. The molecule has 0 unspecified atom stereocenters. The number of rotatable bonds is 4. The lowest BCUT2D eigenvalue weighted by atomic mass is 10.1. The molecule has 4 aromatic rings. The molecule has 1 saturated heterocycles. The predicted molar refractivity (Wildman–Crippen MR) is 127 cm³/mol. The van der Waals surface area contributed by atoms with Gasteiger partial charge in [-0.2, -0.15) is 0 Å². The summed E-state index contributed by atoms with van der Waals surface area (Å²) in [5.41, 5.74) is 4.22. The summed E-state index contributed by atoms with van der Waals surface area (Å²) >= 11 is 0. The minimum atomic E-state index is -0.183.